The van der Waals surface area contributed by atoms with Crippen molar-refractivity contribution in [3.63, 3.8) is 0 Å². The Labute approximate surface area is 179 Å². The van der Waals surface area contributed by atoms with Crippen LogP contribution in [-0.2, 0) is 17.6 Å². The average Bonchev–Trinajstić information content (AvgIpc) is 3.19. The second-order valence-electron chi connectivity index (χ2n) is 6.38. The molecule has 2 aromatic heterocycles. The fourth-order valence-electron chi connectivity index (χ4n) is 2.61. The van der Waals surface area contributed by atoms with E-state index in [2.05, 4.69) is 24.0 Å². The van der Waals surface area contributed by atoms with Gasteiger partial charge in [0.2, 0.25) is 5.91 Å². The molecule has 0 aliphatic rings. The first-order valence-electron chi connectivity index (χ1n) is 8.55. The summed E-state index contributed by atoms with van der Waals surface area (Å²) < 4.78 is 1.83. The van der Waals surface area contributed by atoms with E-state index in [0.717, 1.165) is 33.2 Å². The zero-order valence-electron chi connectivity index (χ0n) is 15.6. The minimum absolute atomic E-state index is 0. The van der Waals surface area contributed by atoms with Gasteiger partial charge in [0.15, 0.2) is 5.13 Å². The molecule has 0 atom stereocenters. The molecule has 0 aliphatic carbocycles. The van der Waals surface area contributed by atoms with Crippen molar-refractivity contribution in [2.45, 2.75) is 19.8 Å². The van der Waals surface area contributed by atoms with Gasteiger partial charge in [0, 0.05) is 18.0 Å². The smallest absolute Gasteiger partial charge is 0.234 e. The molecular formula is C19H23Cl2N3OS2. The van der Waals surface area contributed by atoms with Crippen LogP contribution in [0.1, 0.15) is 17.4 Å². The number of nitrogens with zero attached hydrogens (tertiary/aromatic N) is 3. The van der Waals surface area contributed by atoms with E-state index in [-0.39, 0.29) is 18.3 Å². The van der Waals surface area contributed by atoms with Crippen LogP contribution in [0.5, 0.6) is 0 Å². The molecular weight excluding hydrogens is 421 g/mol. The van der Waals surface area contributed by atoms with Gasteiger partial charge in [-0.05, 0) is 50.3 Å². The highest BCUT2D eigenvalue weighted by Crippen LogP contribution is 2.31. The van der Waals surface area contributed by atoms with E-state index in [4.69, 9.17) is 16.6 Å². The topological polar surface area (TPSA) is 36.4 Å². The number of carbonyl (C=O) groups excluding carboxylic acids is 1. The summed E-state index contributed by atoms with van der Waals surface area (Å²) in [7, 11) is 4.02. The van der Waals surface area contributed by atoms with Crippen LogP contribution in [0.2, 0.25) is 4.34 Å². The Morgan fingerprint density at radius 2 is 1.93 bits per heavy atom. The molecule has 0 unspecified atom stereocenters. The summed E-state index contributed by atoms with van der Waals surface area (Å²) in [6, 6.07) is 10.1. The van der Waals surface area contributed by atoms with Gasteiger partial charge in [-0.15, -0.1) is 23.7 Å². The number of likely N-dealkylation sites (N-methyl/N-ethyl adjacent to an activating group) is 1. The molecule has 0 spiro atoms. The SMILES string of the molecule is CCc1ccc2nc(N(CCN(C)C)C(=O)Cc3ccc(Cl)s3)sc2c1.Cl. The Morgan fingerprint density at radius 3 is 2.56 bits per heavy atom. The summed E-state index contributed by atoms with van der Waals surface area (Å²) in [6.07, 6.45) is 1.34. The number of anilines is 1. The molecule has 0 saturated carbocycles. The highest BCUT2D eigenvalue weighted by Gasteiger charge is 2.21. The minimum atomic E-state index is 0. The van der Waals surface area contributed by atoms with Crippen LogP contribution in [-0.4, -0.2) is 43.0 Å². The number of halogens is 2. The molecule has 0 radical (unpaired) electrons. The number of carbonyl (C=O) groups is 1. The van der Waals surface area contributed by atoms with Crippen LogP contribution in [0.25, 0.3) is 10.2 Å². The molecule has 0 saturated heterocycles. The summed E-state index contributed by atoms with van der Waals surface area (Å²) in [5.74, 6) is 0.0557. The number of thiophene rings is 1. The number of thiazole rings is 1. The lowest BCUT2D eigenvalue weighted by molar-refractivity contribution is -0.118. The molecule has 0 bridgehead atoms. The maximum atomic E-state index is 13.0. The number of aromatic nitrogens is 1. The lowest BCUT2D eigenvalue weighted by atomic mass is 10.2. The molecule has 0 aliphatic heterocycles. The number of benzene rings is 1. The second-order valence-corrected chi connectivity index (χ2v) is 9.19. The summed E-state index contributed by atoms with van der Waals surface area (Å²) in [5.41, 5.74) is 2.23. The third-order valence-electron chi connectivity index (χ3n) is 4.11. The molecule has 1 aromatic carbocycles. The monoisotopic (exact) mass is 443 g/mol. The Balaban J connectivity index is 0.00000261. The lowest BCUT2D eigenvalue weighted by Crippen LogP contribution is -2.37. The van der Waals surface area contributed by atoms with Crippen molar-refractivity contribution in [1.82, 2.24) is 9.88 Å². The number of amides is 1. The Kier molecular flexibility index (Phi) is 8.06. The van der Waals surface area contributed by atoms with Gasteiger partial charge in [0.1, 0.15) is 0 Å². The summed E-state index contributed by atoms with van der Waals surface area (Å²) >= 11 is 9.04. The fraction of sp³-hybridized carbons (Fsp3) is 0.368. The third kappa shape index (κ3) is 5.65. The summed E-state index contributed by atoms with van der Waals surface area (Å²) in [5, 5.41) is 0.766. The maximum absolute atomic E-state index is 13.0. The van der Waals surface area contributed by atoms with Gasteiger partial charge in [-0.3, -0.25) is 9.69 Å². The van der Waals surface area contributed by atoms with Crippen LogP contribution in [0.3, 0.4) is 0 Å². The predicted molar refractivity (Wildman–Crippen MR) is 120 cm³/mol. The van der Waals surface area contributed by atoms with Crippen molar-refractivity contribution in [3.05, 3.63) is 45.1 Å². The molecule has 3 rings (SSSR count). The second kappa shape index (κ2) is 9.85. The van der Waals surface area contributed by atoms with Gasteiger partial charge in [-0.2, -0.15) is 0 Å². The molecule has 4 nitrogen and oxygen atoms in total. The highest BCUT2D eigenvalue weighted by molar-refractivity contribution is 7.22. The van der Waals surface area contributed by atoms with Gasteiger partial charge < -0.3 is 4.90 Å². The van der Waals surface area contributed by atoms with Crippen LogP contribution in [0.4, 0.5) is 5.13 Å². The Bertz CT molecular complexity index is 907. The van der Waals surface area contributed by atoms with E-state index in [1.807, 2.05) is 37.2 Å². The molecule has 146 valence electrons. The number of hydrogen-bond acceptors (Lipinski definition) is 5. The normalized spacial score (nSPS) is 11.0. The average molecular weight is 444 g/mol. The number of aryl methyl sites for hydroxylation is 1. The van der Waals surface area contributed by atoms with Crippen LogP contribution in [0, 0.1) is 0 Å². The first-order valence-corrected chi connectivity index (χ1v) is 10.6. The number of fused-ring (bicyclic) bond motifs is 1. The molecule has 2 heterocycles. The van der Waals surface area contributed by atoms with Crippen molar-refractivity contribution in [1.29, 1.82) is 0 Å². The van der Waals surface area contributed by atoms with Gasteiger partial charge >= 0.3 is 0 Å². The number of rotatable bonds is 7. The van der Waals surface area contributed by atoms with E-state index in [9.17, 15) is 4.79 Å². The van der Waals surface area contributed by atoms with Crippen molar-refractivity contribution in [3.8, 4) is 0 Å². The molecule has 1 amide bonds. The third-order valence-corrected chi connectivity index (χ3v) is 6.38. The lowest BCUT2D eigenvalue weighted by Gasteiger charge is -2.21. The summed E-state index contributed by atoms with van der Waals surface area (Å²) in [4.78, 5) is 22.5. The van der Waals surface area contributed by atoms with Gasteiger partial charge in [0.25, 0.3) is 0 Å². The fourth-order valence-corrected chi connectivity index (χ4v) is 4.76. The summed E-state index contributed by atoms with van der Waals surface area (Å²) in [6.45, 7) is 3.54. The van der Waals surface area contributed by atoms with Gasteiger partial charge in [-0.25, -0.2) is 4.98 Å². The first kappa shape index (κ1) is 22.1. The van der Waals surface area contributed by atoms with E-state index in [1.165, 1.54) is 16.9 Å². The number of hydrogen-bond donors (Lipinski definition) is 0. The van der Waals surface area contributed by atoms with Gasteiger partial charge in [0.05, 0.1) is 21.0 Å². The van der Waals surface area contributed by atoms with Crippen molar-refractivity contribution >= 4 is 67.9 Å². The molecule has 0 fully saturated rings. The predicted octanol–water partition coefficient (Wildman–Crippen LogP) is 5.13. The Morgan fingerprint density at radius 1 is 1.15 bits per heavy atom. The van der Waals surface area contributed by atoms with E-state index in [0.29, 0.717) is 17.3 Å². The molecule has 3 aromatic rings. The molecule has 0 N–H and O–H groups in total. The molecule has 27 heavy (non-hydrogen) atoms. The zero-order valence-corrected chi connectivity index (χ0v) is 18.8. The maximum Gasteiger partial charge on any atom is 0.234 e. The van der Waals surface area contributed by atoms with Crippen molar-refractivity contribution in [2.24, 2.45) is 0 Å². The quantitative estimate of drug-likeness (QED) is 0.507. The minimum Gasteiger partial charge on any atom is -0.308 e. The van der Waals surface area contributed by atoms with Gasteiger partial charge in [-0.1, -0.05) is 35.9 Å². The first-order chi connectivity index (χ1) is 12.5. The van der Waals surface area contributed by atoms with Crippen LogP contribution >= 0.6 is 46.7 Å². The van der Waals surface area contributed by atoms with Crippen molar-refractivity contribution in [2.75, 3.05) is 32.1 Å². The van der Waals surface area contributed by atoms with Crippen molar-refractivity contribution < 1.29 is 4.79 Å². The zero-order chi connectivity index (χ0) is 18.7. The largest absolute Gasteiger partial charge is 0.308 e. The van der Waals surface area contributed by atoms with Crippen LogP contribution in [0.15, 0.2) is 30.3 Å². The Hall–Kier alpha value is -1.18. The highest BCUT2D eigenvalue weighted by atomic mass is 35.5. The van der Waals surface area contributed by atoms with E-state index >= 15 is 0 Å². The van der Waals surface area contributed by atoms with E-state index in [1.54, 1.807) is 11.3 Å². The van der Waals surface area contributed by atoms with Crippen LogP contribution < -0.4 is 4.90 Å². The molecule has 8 heteroatoms. The standard InChI is InChI=1S/C19H22ClN3OS2.ClH/c1-4-13-5-7-15-16(11-13)26-19(21-15)23(10-9-22(2)3)18(24)12-14-6-8-17(20)25-14;/h5-8,11H,4,9-10,12H2,1-3H3;1H. The van der Waals surface area contributed by atoms with E-state index < -0.39 is 0 Å².